The SMILES string of the molecule is COc1cc(CN(C2CC2)S(=O)(=O)c2cccc(C(C)=O)c2)ccc1OC(F)F. The van der Waals surface area contributed by atoms with E-state index in [-0.39, 0.29) is 34.8 Å². The summed E-state index contributed by atoms with van der Waals surface area (Å²) in [6, 6.07) is 10.1. The number of ether oxygens (including phenoxy) is 2. The lowest BCUT2D eigenvalue weighted by Gasteiger charge is -2.23. The van der Waals surface area contributed by atoms with Crippen LogP contribution in [0.3, 0.4) is 0 Å². The van der Waals surface area contributed by atoms with Gasteiger partial charge in [-0.3, -0.25) is 4.79 Å². The normalized spacial score (nSPS) is 14.3. The van der Waals surface area contributed by atoms with Crippen LogP contribution in [0.1, 0.15) is 35.7 Å². The second kappa shape index (κ2) is 8.46. The zero-order chi connectivity index (χ0) is 21.2. The van der Waals surface area contributed by atoms with Crippen molar-refractivity contribution in [2.24, 2.45) is 0 Å². The average Bonchev–Trinajstić information content (AvgIpc) is 3.51. The summed E-state index contributed by atoms with van der Waals surface area (Å²) in [7, 11) is -2.53. The molecule has 6 nitrogen and oxygen atoms in total. The van der Waals surface area contributed by atoms with Crippen molar-refractivity contribution in [2.75, 3.05) is 7.11 Å². The minimum Gasteiger partial charge on any atom is -0.493 e. The highest BCUT2D eigenvalue weighted by Gasteiger charge is 2.38. The third-order valence-corrected chi connectivity index (χ3v) is 6.48. The van der Waals surface area contributed by atoms with Crippen LogP contribution in [0, 0.1) is 0 Å². The van der Waals surface area contributed by atoms with E-state index in [1.54, 1.807) is 6.07 Å². The van der Waals surface area contributed by atoms with Crippen LogP contribution in [-0.2, 0) is 16.6 Å². The number of rotatable bonds is 9. The molecule has 0 radical (unpaired) electrons. The molecule has 0 atom stereocenters. The largest absolute Gasteiger partial charge is 0.493 e. The molecule has 0 aliphatic heterocycles. The molecule has 156 valence electrons. The minimum atomic E-state index is -3.85. The van der Waals surface area contributed by atoms with Gasteiger partial charge in [0.1, 0.15) is 0 Å². The Morgan fingerprint density at radius 2 is 1.90 bits per heavy atom. The molecule has 2 aromatic rings. The summed E-state index contributed by atoms with van der Waals surface area (Å²) in [5.74, 6) is -0.255. The van der Waals surface area contributed by atoms with Gasteiger partial charge in [0.15, 0.2) is 17.3 Å². The number of ketones is 1. The summed E-state index contributed by atoms with van der Waals surface area (Å²) < 4.78 is 62.3. The van der Waals surface area contributed by atoms with E-state index in [1.807, 2.05) is 0 Å². The highest BCUT2D eigenvalue weighted by molar-refractivity contribution is 7.89. The lowest BCUT2D eigenvalue weighted by molar-refractivity contribution is -0.0512. The number of alkyl halides is 2. The first-order chi connectivity index (χ1) is 13.7. The second-order valence-corrected chi connectivity index (χ2v) is 8.62. The van der Waals surface area contributed by atoms with Crippen molar-refractivity contribution >= 4 is 15.8 Å². The quantitative estimate of drug-likeness (QED) is 0.571. The molecule has 0 saturated heterocycles. The average molecular weight is 425 g/mol. The summed E-state index contributed by atoms with van der Waals surface area (Å²) in [5, 5.41) is 0. The predicted octanol–water partition coefficient (Wildman–Crippen LogP) is 3.85. The first kappa shape index (κ1) is 21.2. The van der Waals surface area contributed by atoms with Crippen molar-refractivity contribution in [2.45, 2.75) is 43.9 Å². The third-order valence-electron chi connectivity index (χ3n) is 4.58. The van der Waals surface area contributed by atoms with Gasteiger partial charge in [0.05, 0.1) is 12.0 Å². The van der Waals surface area contributed by atoms with Gasteiger partial charge in [-0.1, -0.05) is 18.2 Å². The van der Waals surface area contributed by atoms with Gasteiger partial charge in [0, 0.05) is 18.2 Å². The Bertz CT molecular complexity index is 1010. The number of halogens is 2. The smallest absolute Gasteiger partial charge is 0.387 e. The summed E-state index contributed by atoms with van der Waals surface area (Å²) in [6.45, 7) is -1.57. The van der Waals surface area contributed by atoms with Crippen molar-refractivity contribution in [3.8, 4) is 11.5 Å². The van der Waals surface area contributed by atoms with E-state index in [4.69, 9.17) is 4.74 Å². The fraction of sp³-hybridized carbons (Fsp3) is 0.350. The van der Waals surface area contributed by atoms with E-state index in [0.717, 1.165) is 12.8 Å². The van der Waals surface area contributed by atoms with Crippen molar-refractivity contribution in [1.82, 2.24) is 4.31 Å². The van der Waals surface area contributed by atoms with Crippen LogP contribution >= 0.6 is 0 Å². The van der Waals surface area contributed by atoms with Crippen LogP contribution in [0.25, 0.3) is 0 Å². The Morgan fingerprint density at radius 3 is 2.48 bits per heavy atom. The van der Waals surface area contributed by atoms with Crippen LogP contribution < -0.4 is 9.47 Å². The van der Waals surface area contributed by atoms with Crippen molar-refractivity contribution in [1.29, 1.82) is 0 Å². The van der Waals surface area contributed by atoms with Crippen LogP contribution in [0.4, 0.5) is 8.78 Å². The van der Waals surface area contributed by atoms with Gasteiger partial charge in [0.25, 0.3) is 0 Å². The number of hydrogen-bond acceptors (Lipinski definition) is 5. The number of Topliss-reactive ketones (excluding diaryl/α,β-unsaturated/α-hetero) is 1. The molecule has 1 aliphatic rings. The minimum absolute atomic E-state index is 0.0433. The lowest BCUT2D eigenvalue weighted by atomic mass is 10.2. The number of carbonyl (C=O) groups excluding carboxylic acids is 1. The zero-order valence-electron chi connectivity index (χ0n) is 16.0. The predicted molar refractivity (Wildman–Crippen MR) is 102 cm³/mol. The molecule has 1 fully saturated rings. The first-order valence-corrected chi connectivity index (χ1v) is 10.4. The molecule has 9 heteroatoms. The summed E-state index contributed by atoms with van der Waals surface area (Å²) >= 11 is 0. The number of nitrogens with zero attached hydrogens (tertiary/aromatic N) is 1. The molecule has 0 unspecified atom stereocenters. The molecular weight excluding hydrogens is 404 g/mol. The second-order valence-electron chi connectivity index (χ2n) is 6.73. The van der Waals surface area contributed by atoms with Crippen molar-refractivity contribution < 1.29 is 31.5 Å². The number of benzene rings is 2. The van der Waals surface area contributed by atoms with Crippen LogP contribution in [0.2, 0.25) is 0 Å². The van der Waals surface area contributed by atoms with E-state index in [0.29, 0.717) is 11.1 Å². The number of hydrogen-bond donors (Lipinski definition) is 0. The van der Waals surface area contributed by atoms with Gasteiger partial charge in [-0.05, 0) is 49.6 Å². The first-order valence-electron chi connectivity index (χ1n) is 8.97. The van der Waals surface area contributed by atoms with E-state index in [2.05, 4.69) is 4.74 Å². The molecule has 3 rings (SSSR count). The molecule has 0 spiro atoms. The summed E-state index contributed by atoms with van der Waals surface area (Å²) in [5.41, 5.74) is 0.888. The van der Waals surface area contributed by atoms with Gasteiger partial charge in [-0.25, -0.2) is 8.42 Å². The molecule has 0 aromatic heterocycles. The van der Waals surface area contributed by atoms with Crippen molar-refractivity contribution in [3.05, 3.63) is 53.6 Å². The Labute approximate surface area is 168 Å². The Balaban J connectivity index is 1.91. The van der Waals surface area contributed by atoms with E-state index < -0.39 is 16.6 Å². The lowest BCUT2D eigenvalue weighted by Crippen LogP contribution is -2.32. The maximum Gasteiger partial charge on any atom is 0.387 e. The fourth-order valence-electron chi connectivity index (χ4n) is 2.97. The standard InChI is InChI=1S/C20H21F2NO5S/c1-13(24)15-4-3-5-17(11-15)29(25,26)23(16-7-8-16)12-14-6-9-18(28-20(21)22)19(10-14)27-2/h3-6,9-11,16,20H,7-8,12H2,1-2H3. The van der Waals surface area contributed by atoms with Gasteiger partial charge in [0.2, 0.25) is 10.0 Å². The highest BCUT2D eigenvalue weighted by Crippen LogP contribution is 2.35. The van der Waals surface area contributed by atoms with E-state index in [9.17, 15) is 22.0 Å². The monoisotopic (exact) mass is 425 g/mol. The topological polar surface area (TPSA) is 72.9 Å². The molecule has 29 heavy (non-hydrogen) atoms. The molecule has 0 heterocycles. The van der Waals surface area contributed by atoms with E-state index in [1.165, 1.54) is 54.7 Å². The molecule has 2 aromatic carbocycles. The maximum atomic E-state index is 13.2. The summed E-state index contributed by atoms with van der Waals surface area (Å²) in [4.78, 5) is 11.7. The molecule has 0 amide bonds. The van der Waals surface area contributed by atoms with Gasteiger partial charge in [-0.2, -0.15) is 13.1 Å². The Morgan fingerprint density at radius 1 is 1.17 bits per heavy atom. The van der Waals surface area contributed by atoms with Gasteiger partial charge < -0.3 is 9.47 Å². The van der Waals surface area contributed by atoms with Crippen LogP contribution in [-0.4, -0.2) is 38.3 Å². The molecule has 0 N–H and O–H groups in total. The third kappa shape index (κ3) is 4.91. The van der Waals surface area contributed by atoms with E-state index >= 15 is 0 Å². The van der Waals surface area contributed by atoms with Gasteiger partial charge in [-0.15, -0.1) is 0 Å². The molecular formula is C20H21F2NO5S. The fourth-order valence-corrected chi connectivity index (χ4v) is 4.69. The Hall–Kier alpha value is -2.52. The zero-order valence-corrected chi connectivity index (χ0v) is 16.8. The number of methoxy groups -OCH3 is 1. The molecule has 0 bridgehead atoms. The summed E-state index contributed by atoms with van der Waals surface area (Å²) in [6.07, 6.45) is 1.46. The molecule has 1 saturated carbocycles. The van der Waals surface area contributed by atoms with Crippen LogP contribution in [0.5, 0.6) is 11.5 Å². The number of sulfonamides is 1. The highest BCUT2D eigenvalue weighted by atomic mass is 32.2. The van der Waals surface area contributed by atoms with Crippen molar-refractivity contribution in [3.63, 3.8) is 0 Å². The van der Waals surface area contributed by atoms with Crippen LogP contribution in [0.15, 0.2) is 47.4 Å². The molecule has 1 aliphatic carbocycles. The number of carbonyl (C=O) groups is 1. The van der Waals surface area contributed by atoms with Gasteiger partial charge >= 0.3 is 6.61 Å². The maximum absolute atomic E-state index is 13.2. The Kier molecular flexibility index (Phi) is 6.18.